The molecule has 0 amide bonds. The maximum absolute atomic E-state index is 11.3. The first kappa shape index (κ1) is 8.28. The molecule has 2 aliphatic rings. The Morgan fingerprint density at radius 3 is 2.42 bits per heavy atom. The van der Waals surface area contributed by atoms with Crippen molar-refractivity contribution < 1.29 is 4.79 Å². The van der Waals surface area contributed by atoms with Gasteiger partial charge in [0.05, 0.1) is 0 Å². The Kier molecular flexibility index (Phi) is 1.78. The SMILES string of the molecule is CC(=O)C1(CC(C)C2CC2)CC1. The summed E-state index contributed by atoms with van der Waals surface area (Å²) in [6, 6.07) is 0. The van der Waals surface area contributed by atoms with Gasteiger partial charge in [-0.1, -0.05) is 6.92 Å². The van der Waals surface area contributed by atoms with Gasteiger partial charge >= 0.3 is 0 Å². The van der Waals surface area contributed by atoms with Gasteiger partial charge in [-0.15, -0.1) is 0 Å². The van der Waals surface area contributed by atoms with E-state index in [0.717, 1.165) is 11.8 Å². The average Bonchev–Trinajstić information content (AvgIpc) is 2.84. The molecule has 1 heteroatoms. The predicted octanol–water partition coefficient (Wildman–Crippen LogP) is 2.79. The van der Waals surface area contributed by atoms with Crippen LogP contribution >= 0.6 is 0 Å². The number of hydrogen-bond donors (Lipinski definition) is 0. The van der Waals surface area contributed by atoms with Crippen LogP contribution in [0.2, 0.25) is 0 Å². The highest BCUT2D eigenvalue weighted by atomic mass is 16.1. The van der Waals surface area contributed by atoms with Gasteiger partial charge in [0.1, 0.15) is 5.78 Å². The molecule has 0 bridgehead atoms. The molecule has 0 aromatic heterocycles. The molecular formula is C11H18O. The van der Waals surface area contributed by atoms with Crippen molar-refractivity contribution in [1.29, 1.82) is 0 Å². The number of carbonyl (C=O) groups excluding carboxylic acids is 1. The quantitative estimate of drug-likeness (QED) is 0.627. The molecule has 1 unspecified atom stereocenters. The van der Waals surface area contributed by atoms with E-state index in [1.807, 2.05) is 0 Å². The molecule has 2 fully saturated rings. The second kappa shape index (κ2) is 2.58. The zero-order chi connectivity index (χ0) is 8.77. The zero-order valence-corrected chi connectivity index (χ0v) is 8.10. The normalized spacial score (nSPS) is 28.2. The van der Waals surface area contributed by atoms with Gasteiger partial charge in [0.25, 0.3) is 0 Å². The Labute approximate surface area is 74.5 Å². The molecule has 1 nitrogen and oxygen atoms in total. The zero-order valence-electron chi connectivity index (χ0n) is 8.10. The fourth-order valence-corrected chi connectivity index (χ4v) is 2.30. The van der Waals surface area contributed by atoms with Crippen LogP contribution in [0.1, 0.15) is 46.0 Å². The van der Waals surface area contributed by atoms with Crippen LogP contribution in [0, 0.1) is 17.3 Å². The van der Waals surface area contributed by atoms with Crippen molar-refractivity contribution in [2.75, 3.05) is 0 Å². The summed E-state index contributed by atoms with van der Waals surface area (Å²) in [5.41, 5.74) is 0.155. The summed E-state index contributed by atoms with van der Waals surface area (Å²) in [7, 11) is 0. The molecule has 0 spiro atoms. The Morgan fingerprint density at radius 1 is 1.50 bits per heavy atom. The van der Waals surface area contributed by atoms with Crippen LogP contribution in [-0.4, -0.2) is 5.78 Å². The number of ketones is 1. The van der Waals surface area contributed by atoms with Crippen LogP contribution in [0.5, 0.6) is 0 Å². The third kappa shape index (κ3) is 1.41. The van der Waals surface area contributed by atoms with Crippen molar-refractivity contribution in [2.24, 2.45) is 17.3 Å². The van der Waals surface area contributed by atoms with Crippen LogP contribution in [0.3, 0.4) is 0 Å². The maximum Gasteiger partial charge on any atom is 0.135 e. The molecular weight excluding hydrogens is 148 g/mol. The summed E-state index contributed by atoms with van der Waals surface area (Å²) >= 11 is 0. The standard InChI is InChI=1S/C11H18O/c1-8(10-3-4-10)7-11(5-6-11)9(2)12/h8,10H,3-7H2,1-2H3. The van der Waals surface area contributed by atoms with Crippen LogP contribution in [-0.2, 0) is 4.79 Å². The van der Waals surface area contributed by atoms with Crippen molar-refractivity contribution in [2.45, 2.75) is 46.0 Å². The van der Waals surface area contributed by atoms with Gasteiger partial charge in [0.2, 0.25) is 0 Å². The second-order valence-corrected chi connectivity index (χ2v) is 4.86. The smallest absolute Gasteiger partial charge is 0.135 e. The lowest BCUT2D eigenvalue weighted by atomic mass is 9.87. The van der Waals surface area contributed by atoms with Gasteiger partial charge in [-0.05, 0) is 50.9 Å². The van der Waals surface area contributed by atoms with Crippen LogP contribution in [0.15, 0.2) is 0 Å². The molecule has 1 atom stereocenters. The summed E-state index contributed by atoms with van der Waals surface area (Å²) in [5.74, 6) is 2.20. The van der Waals surface area contributed by atoms with Gasteiger partial charge in [0, 0.05) is 5.41 Å². The largest absolute Gasteiger partial charge is 0.299 e. The second-order valence-electron chi connectivity index (χ2n) is 4.86. The maximum atomic E-state index is 11.3. The summed E-state index contributed by atoms with van der Waals surface area (Å²) in [4.78, 5) is 11.3. The molecule has 2 aliphatic carbocycles. The molecule has 12 heavy (non-hydrogen) atoms. The first-order valence-corrected chi connectivity index (χ1v) is 5.15. The lowest BCUT2D eigenvalue weighted by Crippen LogP contribution is -2.16. The molecule has 0 saturated heterocycles. The van der Waals surface area contributed by atoms with Gasteiger partial charge < -0.3 is 0 Å². The van der Waals surface area contributed by atoms with Crippen molar-refractivity contribution in [3.05, 3.63) is 0 Å². The molecule has 0 N–H and O–H groups in total. The number of Topliss-reactive ketones (excluding diaryl/α,β-unsaturated/α-hetero) is 1. The van der Waals surface area contributed by atoms with Crippen molar-refractivity contribution in [3.8, 4) is 0 Å². The molecule has 0 heterocycles. The van der Waals surface area contributed by atoms with E-state index in [-0.39, 0.29) is 5.41 Å². The Morgan fingerprint density at radius 2 is 2.08 bits per heavy atom. The topological polar surface area (TPSA) is 17.1 Å². The van der Waals surface area contributed by atoms with E-state index >= 15 is 0 Å². The minimum atomic E-state index is 0.155. The molecule has 0 aromatic rings. The van der Waals surface area contributed by atoms with Crippen molar-refractivity contribution >= 4 is 5.78 Å². The Bertz CT molecular complexity index is 199. The molecule has 0 aliphatic heterocycles. The number of rotatable bonds is 4. The molecule has 68 valence electrons. The lowest BCUT2D eigenvalue weighted by Gasteiger charge is -2.16. The third-order valence-corrected chi connectivity index (χ3v) is 3.74. The monoisotopic (exact) mass is 166 g/mol. The van der Waals surface area contributed by atoms with E-state index in [9.17, 15) is 4.79 Å². The Hall–Kier alpha value is -0.330. The van der Waals surface area contributed by atoms with E-state index < -0.39 is 0 Å². The molecule has 0 aromatic carbocycles. The van der Waals surface area contributed by atoms with Gasteiger partial charge in [-0.25, -0.2) is 0 Å². The summed E-state index contributed by atoms with van der Waals surface area (Å²) in [6.45, 7) is 4.09. The minimum Gasteiger partial charge on any atom is -0.299 e. The van der Waals surface area contributed by atoms with E-state index in [0.29, 0.717) is 5.78 Å². The lowest BCUT2D eigenvalue weighted by molar-refractivity contribution is -0.122. The van der Waals surface area contributed by atoms with E-state index in [4.69, 9.17) is 0 Å². The highest BCUT2D eigenvalue weighted by Gasteiger charge is 2.49. The molecule has 2 saturated carbocycles. The molecule has 0 radical (unpaired) electrons. The van der Waals surface area contributed by atoms with Gasteiger partial charge in [-0.3, -0.25) is 4.79 Å². The van der Waals surface area contributed by atoms with Crippen molar-refractivity contribution in [1.82, 2.24) is 0 Å². The van der Waals surface area contributed by atoms with Crippen LogP contribution in [0.4, 0.5) is 0 Å². The third-order valence-electron chi connectivity index (χ3n) is 3.74. The van der Waals surface area contributed by atoms with Crippen LogP contribution < -0.4 is 0 Å². The van der Waals surface area contributed by atoms with Gasteiger partial charge in [-0.2, -0.15) is 0 Å². The van der Waals surface area contributed by atoms with E-state index in [1.54, 1.807) is 6.92 Å². The number of hydrogen-bond acceptors (Lipinski definition) is 1. The summed E-state index contributed by atoms with van der Waals surface area (Å²) in [5, 5.41) is 0. The van der Waals surface area contributed by atoms with E-state index in [1.165, 1.54) is 32.1 Å². The average molecular weight is 166 g/mol. The van der Waals surface area contributed by atoms with Crippen LogP contribution in [0.25, 0.3) is 0 Å². The first-order chi connectivity index (χ1) is 5.64. The van der Waals surface area contributed by atoms with Gasteiger partial charge in [0.15, 0.2) is 0 Å². The molecule has 2 rings (SSSR count). The highest BCUT2D eigenvalue weighted by molar-refractivity contribution is 5.84. The summed E-state index contributed by atoms with van der Waals surface area (Å²) in [6.07, 6.45) is 6.33. The fourth-order valence-electron chi connectivity index (χ4n) is 2.30. The minimum absolute atomic E-state index is 0.155. The Balaban J connectivity index is 1.88. The fraction of sp³-hybridized carbons (Fsp3) is 0.909. The summed E-state index contributed by atoms with van der Waals surface area (Å²) < 4.78 is 0. The van der Waals surface area contributed by atoms with Crippen molar-refractivity contribution in [3.63, 3.8) is 0 Å². The predicted molar refractivity (Wildman–Crippen MR) is 48.9 cm³/mol. The highest BCUT2D eigenvalue weighted by Crippen LogP contribution is 2.54. The number of carbonyl (C=O) groups is 1. The first-order valence-electron chi connectivity index (χ1n) is 5.15. The van der Waals surface area contributed by atoms with E-state index in [2.05, 4.69) is 6.92 Å².